The number of sulfone groups is 1. The van der Waals surface area contributed by atoms with Crippen LogP contribution in [0.1, 0.15) is 25.7 Å². The van der Waals surface area contributed by atoms with Crippen molar-refractivity contribution in [2.75, 3.05) is 31.8 Å². The summed E-state index contributed by atoms with van der Waals surface area (Å²) in [5.74, 6) is 0.670. The van der Waals surface area contributed by atoms with Crippen molar-refractivity contribution >= 4 is 15.7 Å². The first-order chi connectivity index (χ1) is 9.43. The topological polar surface area (TPSA) is 89.7 Å². The Hall–Kier alpha value is -0.660. The molecule has 6 nitrogen and oxygen atoms in total. The number of rotatable bonds is 7. The molecule has 0 aromatic carbocycles. The van der Waals surface area contributed by atoms with E-state index in [-0.39, 0.29) is 29.5 Å². The Morgan fingerprint density at radius 2 is 2.10 bits per heavy atom. The summed E-state index contributed by atoms with van der Waals surface area (Å²) in [6, 6.07) is -0.306. The third-order valence-electron chi connectivity index (χ3n) is 4.14. The van der Waals surface area contributed by atoms with Crippen molar-refractivity contribution in [3.8, 4) is 0 Å². The molecule has 2 N–H and O–H groups in total. The Labute approximate surface area is 120 Å². The Morgan fingerprint density at radius 3 is 2.60 bits per heavy atom. The molecule has 0 radical (unpaired) electrons. The first-order valence-corrected chi connectivity index (χ1v) is 8.99. The summed E-state index contributed by atoms with van der Waals surface area (Å²) in [4.78, 5) is 14.0. The first-order valence-electron chi connectivity index (χ1n) is 7.17. The summed E-state index contributed by atoms with van der Waals surface area (Å²) in [5, 5.41) is 0. The van der Waals surface area contributed by atoms with E-state index in [1.54, 1.807) is 12.0 Å². The summed E-state index contributed by atoms with van der Waals surface area (Å²) in [6.07, 6.45) is 3.04. The standard InChI is InChI=1S/C13H24N2O4S/c1-19-6-5-15(11-4-7-20(17,18)9-11)13(16)8-12(14)10-2-3-10/h10-12H,2-9,14H2,1H3. The van der Waals surface area contributed by atoms with Crippen molar-refractivity contribution in [3.63, 3.8) is 0 Å². The summed E-state index contributed by atoms with van der Waals surface area (Å²) in [7, 11) is -1.42. The molecule has 1 saturated heterocycles. The van der Waals surface area contributed by atoms with E-state index in [1.807, 2.05) is 0 Å². The minimum atomic E-state index is -3.00. The van der Waals surface area contributed by atoms with E-state index in [2.05, 4.69) is 0 Å². The monoisotopic (exact) mass is 304 g/mol. The van der Waals surface area contributed by atoms with Crippen LogP contribution in [-0.4, -0.2) is 63.1 Å². The van der Waals surface area contributed by atoms with Gasteiger partial charge in [-0.1, -0.05) is 0 Å². The quantitative estimate of drug-likeness (QED) is 0.702. The molecule has 2 unspecified atom stereocenters. The number of methoxy groups -OCH3 is 1. The smallest absolute Gasteiger partial charge is 0.224 e. The normalized spacial score (nSPS) is 26.4. The van der Waals surface area contributed by atoms with Gasteiger partial charge in [-0.25, -0.2) is 8.42 Å². The fourth-order valence-corrected chi connectivity index (χ4v) is 4.46. The van der Waals surface area contributed by atoms with Gasteiger partial charge in [-0.3, -0.25) is 4.79 Å². The third kappa shape index (κ3) is 4.17. The van der Waals surface area contributed by atoms with Gasteiger partial charge in [0.15, 0.2) is 9.84 Å². The van der Waals surface area contributed by atoms with Crippen LogP contribution in [0.4, 0.5) is 0 Å². The highest BCUT2D eigenvalue weighted by molar-refractivity contribution is 7.91. The number of nitrogens with two attached hydrogens (primary N) is 1. The summed E-state index contributed by atoms with van der Waals surface area (Å²) in [6.45, 7) is 0.855. The SMILES string of the molecule is COCCN(C(=O)CC(N)C1CC1)C1CCS(=O)(=O)C1. The van der Waals surface area contributed by atoms with Crippen LogP contribution in [0.3, 0.4) is 0 Å². The van der Waals surface area contributed by atoms with Crippen LogP contribution < -0.4 is 5.73 Å². The Bertz CT molecular complexity index is 447. The van der Waals surface area contributed by atoms with Crippen LogP contribution in [-0.2, 0) is 19.4 Å². The summed E-state index contributed by atoms with van der Waals surface area (Å²) < 4.78 is 28.2. The maximum absolute atomic E-state index is 12.4. The van der Waals surface area contributed by atoms with Crippen molar-refractivity contribution < 1.29 is 17.9 Å². The molecule has 7 heteroatoms. The number of ether oxygens (including phenoxy) is 1. The van der Waals surface area contributed by atoms with Gasteiger partial charge in [0.1, 0.15) is 0 Å². The fraction of sp³-hybridized carbons (Fsp3) is 0.923. The number of nitrogens with zero attached hydrogens (tertiary/aromatic N) is 1. The van der Waals surface area contributed by atoms with Crippen LogP contribution in [0.2, 0.25) is 0 Å². The lowest BCUT2D eigenvalue weighted by atomic mass is 10.1. The first kappa shape index (κ1) is 15.7. The highest BCUT2D eigenvalue weighted by atomic mass is 32.2. The van der Waals surface area contributed by atoms with Gasteiger partial charge in [0.2, 0.25) is 5.91 Å². The lowest BCUT2D eigenvalue weighted by Crippen LogP contribution is -2.45. The molecule has 1 amide bonds. The van der Waals surface area contributed by atoms with Gasteiger partial charge in [-0.15, -0.1) is 0 Å². The van der Waals surface area contributed by atoms with Gasteiger partial charge in [-0.2, -0.15) is 0 Å². The number of amides is 1. The van der Waals surface area contributed by atoms with Gasteiger partial charge >= 0.3 is 0 Å². The van der Waals surface area contributed by atoms with Crippen molar-refractivity contribution in [3.05, 3.63) is 0 Å². The zero-order valence-corrected chi connectivity index (χ0v) is 12.8. The Morgan fingerprint density at radius 1 is 1.40 bits per heavy atom. The minimum Gasteiger partial charge on any atom is -0.383 e. The van der Waals surface area contributed by atoms with Crippen LogP contribution >= 0.6 is 0 Å². The van der Waals surface area contributed by atoms with Crippen molar-refractivity contribution in [2.45, 2.75) is 37.8 Å². The molecule has 1 aliphatic carbocycles. The molecule has 0 bridgehead atoms. The molecule has 1 saturated carbocycles. The molecular weight excluding hydrogens is 280 g/mol. The predicted molar refractivity (Wildman–Crippen MR) is 76.0 cm³/mol. The second-order valence-corrected chi connectivity index (χ2v) is 8.07. The number of carbonyl (C=O) groups excluding carboxylic acids is 1. The lowest BCUT2D eigenvalue weighted by Gasteiger charge is -2.29. The highest BCUT2D eigenvalue weighted by Crippen LogP contribution is 2.33. The van der Waals surface area contributed by atoms with Crippen LogP contribution in [0.5, 0.6) is 0 Å². The van der Waals surface area contributed by atoms with Crippen molar-refractivity contribution in [1.29, 1.82) is 0 Å². The lowest BCUT2D eigenvalue weighted by molar-refractivity contribution is -0.134. The molecule has 2 atom stereocenters. The molecule has 1 heterocycles. The van der Waals surface area contributed by atoms with E-state index >= 15 is 0 Å². The average molecular weight is 304 g/mol. The molecule has 2 fully saturated rings. The molecule has 0 spiro atoms. The average Bonchev–Trinajstić information content (AvgIpc) is 3.15. The number of hydrogen-bond donors (Lipinski definition) is 1. The summed E-state index contributed by atoms with van der Waals surface area (Å²) >= 11 is 0. The van der Waals surface area contributed by atoms with Crippen molar-refractivity contribution in [2.24, 2.45) is 11.7 Å². The molecule has 20 heavy (non-hydrogen) atoms. The Balaban J connectivity index is 1.96. The molecule has 0 aromatic heterocycles. The van der Waals surface area contributed by atoms with Gasteiger partial charge < -0.3 is 15.4 Å². The van der Waals surface area contributed by atoms with E-state index in [0.29, 0.717) is 31.9 Å². The minimum absolute atomic E-state index is 0.0384. The molecule has 1 aliphatic heterocycles. The summed E-state index contributed by atoms with van der Waals surface area (Å²) in [5.41, 5.74) is 6.00. The van der Waals surface area contributed by atoms with Crippen LogP contribution in [0.15, 0.2) is 0 Å². The predicted octanol–water partition coefficient (Wildman–Crippen LogP) is -0.224. The Kier molecular flexibility index (Phi) is 5.04. The van der Waals surface area contributed by atoms with Gasteiger partial charge in [0, 0.05) is 32.2 Å². The molecule has 0 aromatic rings. The van der Waals surface area contributed by atoms with Gasteiger partial charge in [0.25, 0.3) is 0 Å². The van der Waals surface area contributed by atoms with Gasteiger partial charge in [-0.05, 0) is 25.2 Å². The zero-order valence-electron chi connectivity index (χ0n) is 12.0. The van der Waals surface area contributed by atoms with E-state index in [4.69, 9.17) is 10.5 Å². The maximum atomic E-state index is 12.4. The van der Waals surface area contributed by atoms with Gasteiger partial charge in [0.05, 0.1) is 18.1 Å². The molecule has 2 aliphatic rings. The zero-order chi connectivity index (χ0) is 14.8. The maximum Gasteiger partial charge on any atom is 0.224 e. The van der Waals surface area contributed by atoms with Crippen molar-refractivity contribution in [1.82, 2.24) is 4.90 Å². The van der Waals surface area contributed by atoms with E-state index in [0.717, 1.165) is 12.8 Å². The molecule has 2 rings (SSSR count). The number of carbonyl (C=O) groups is 1. The molecular formula is C13H24N2O4S. The van der Waals surface area contributed by atoms with E-state index in [9.17, 15) is 13.2 Å². The third-order valence-corrected chi connectivity index (χ3v) is 5.89. The second-order valence-electron chi connectivity index (χ2n) is 5.84. The number of hydrogen-bond acceptors (Lipinski definition) is 5. The highest BCUT2D eigenvalue weighted by Gasteiger charge is 2.36. The van der Waals surface area contributed by atoms with E-state index in [1.165, 1.54) is 0 Å². The molecule has 116 valence electrons. The largest absolute Gasteiger partial charge is 0.383 e. The van der Waals surface area contributed by atoms with E-state index < -0.39 is 9.84 Å². The van der Waals surface area contributed by atoms with Crippen LogP contribution in [0.25, 0.3) is 0 Å². The fourth-order valence-electron chi connectivity index (χ4n) is 2.73. The van der Waals surface area contributed by atoms with Crippen LogP contribution in [0, 0.1) is 5.92 Å². The second kappa shape index (κ2) is 6.41.